The van der Waals surface area contributed by atoms with Crippen molar-refractivity contribution < 1.29 is 9.59 Å². The molecule has 1 fully saturated rings. The summed E-state index contributed by atoms with van der Waals surface area (Å²) >= 11 is 1.63. The van der Waals surface area contributed by atoms with Crippen LogP contribution in [-0.4, -0.2) is 17.6 Å². The van der Waals surface area contributed by atoms with Crippen LogP contribution < -0.4 is 10.2 Å². The highest BCUT2D eigenvalue weighted by atomic mass is 32.2. The summed E-state index contributed by atoms with van der Waals surface area (Å²) in [5, 5.41) is 2.97. The predicted octanol–water partition coefficient (Wildman–Crippen LogP) is 6.43. The van der Waals surface area contributed by atoms with Crippen molar-refractivity contribution in [1.29, 1.82) is 0 Å². The van der Waals surface area contributed by atoms with Crippen molar-refractivity contribution in [2.75, 3.05) is 16.0 Å². The Morgan fingerprint density at radius 3 is 2.65 bits per heavy atom. The SMILES string of the molecule is CCc1ccccc1N1C(=O)CS[C@@H]1c1cccc(NC(=O)C[C@H](C)CC(C)(C)C)c1. The van der Waals surface area contributed by atoms with Gasteiger partial charge >= 0.3 is 0 Å². The molecule has 0 aromatic heterocycles. The van der Waals surface area contributed by atoms with Gasteiger partial charge in [0, 0.05) is 17.8 Å². The first kappa shape index (κ1) is 23.4. The molecule has 2 amide bonds. The molecule has 166 valence electrons. The number of amides is 2. The second kappa shape index (κ2) is 9.90. The molecule has 2 atom stereocenters. The number of benzene rings is 2. The Morgan fingerprint density at radius 1 is 1.19 bits per heavy atom. The van der Waals surface area contributed by atoms with E-state index in [1.54, 1.807) is 11.8 Å². The van der Waals surface area contributed by atoms with Crippen LogP contribution in [0.5, 0.6) is 0 Å². The van der Waals surface area contributed by atoms with Crippen LogP contribution in [0.25, 0.3) is 0 Å². The minimum atomic E-state index is -0.0862. The number of para-hydroxylation sites is 1. The number of hydrogen-bond donors (Lipinski definition) is 1. The van der Waals surface area contributed by atoms with E-state index in [1.165, 1.54) is 5.56 Å². The van der Waals surface area contributed by atoms with Gasteiger partial charge in [0.15, 0.2) is 0 Å². The number of nitrogens with zero attached hydrogens (tertiary/aromatic N) is 1. The number of carbonyl (C=O) groups excluding carboxylic acids is 2. The molecule has 1 saturated heterocycles. The van der Waals surface area contributed by atoms with Gasteiger partial charge in [0.1, 0.15) is 5.37 Å². The summed E-state index contributed by atoms with van der Waals surface area (Å²) < 4.78 is 0. The molecular formula is C26H34N2O2S. The first-order chi connectivity index (χ1) is 14.7. The molecule has 1 N–H and O–H groups in total. The summed E-state index contributed by atoms with van der Waals surface area (Å²) in [6, 6.07) is 16.0. The van der Waals surface area contributed by atoms with E-state index >= 15 is 0 Å². The minimum absolute atomic E-state index is 0.0391. The maximum atomic E-state index is 12.8. The van der Waals surface area contributed by atoms with E-state index in [0.29, 0.717) is 18.1 Å². The Morgan fingerprint density at radius 2 is 1.94 bits per heavy atom. The number of thioether (sulfide) groups is 1. The maximum absolute atomic E-state index is 12.8. The zero-order chi connectivity index (χ0) is 22.6. The molecule has 1 aliphatic rings. The zero-order valence-corrected chi connectivity index (χ0v) is 20.1. The van der Waals surface area contributed by atoms with Gasteiger partial charge in [-0.1, -0.05) is 65.0 Å². The van der Waals surface area contributed by atoms with E-state index < -0.39 is 0 Å². The number of anilines is 2. The van der Waals surface area contributed by atoms with Crippen molar-refractivity contribution in [2.24, 2.45) is 11.3 Å². The van der Waals surface area contributed by atoms with Crippen LogP contribution in [0.15, 0.2) is 48.5 Å². The summed E-state index contributed by atoms with van der Waals surface area (Å²) in [4.78, 5) is 27.3. The first-order valence-corrected chi connectivity index (χ1v) is 12.1. The lowest BCUT2D eigenvalue weighted by Gasteiger charge is -2.27. The number of carbonyl (C=O) groups is 2. The van der Waals surface area contributed by atoms with E-state index in [0.717, 1.165) is 29.8 Å². The fourth-order valence-corrected chi connectivity index (χ4v) is 5.55. The Balaban J connectivity index is 1.76. The van der Waals surface area contributed by atoms with Crippen LogP contribution in [0.4, 0.5) is 11.4 Å². The largest absolute Gasteiger partial charge is 0.326 e. The molecule has 2 aromatic carbocycles. The standard InChI is InChI=1S/C26H34N2O2S/c1-6-19-10-7-8-13-22(19)28-24(30)17-31-25(28)20-11-9-12-21(15-20)27-23(29)14-18(2)16-26(3,4)5/h7-13,15,18,25H,6,14,16-17H2,1-5H3,(H,27,29)/t18-,25+/m0/s1. The minimum Gasteiger partial charge on any atom is -0.326 e. The van der Waals surface area contributed by atoms with Gasteiger partial charge in [-0.2, -0.15) is 0 Å². The fraction of sp³-hybridized carbons (Fsp3) is 0.462. The second-order valence-electron chi connectivity index (χ2n) is 9.66. The van der Waals surface area contributed by atoms with Gasteiger partial charge in [-0.3, -0.25) is 14.5 Å². The van der Waals surface area contributed by atoms with E-state index in [-0.39, 0.29) is 22.6 Å². The molecule has 31 heavy (non-hydrogen) atoms. The fourth-order valence-electron chi connectivity index (χ4n) is 4.39. The zero-order valence-electron chi connectivity index (χ0n) is 19.3. The Bertz CT molecular complexity index is 935. The smallest absolute Gasteiger partial charge is 0.238 e. The van der Waals surface area contributed by atoms with Crippen LogP contribution in [0.3, 0.4) is 0 Å². The van der Waals surface area contributed by atoms with Gasteiger partial charge in [0.05, 0.1) is 5.75 Å². The maximum Gasteiger partial charge on any atom is 0.238 e. The van der Waals surface area contributed by atoms with Crippen LogP contribution in [0.1, 0.15) is 64.0 Å². The molecule has 0 saturated carbocycles. The normalized spacial score (nSPS) is 17.6. The second-order valence-corrected chi connectivity index (χ2v) is 10.7. The highest BCUT2D eigenvalue weighted by molar-refractivity contribution is 8.00. The van der Waals surface area contributed by atoms with Crippen LogP contribution in [-0.2, 0) is 16.0 Å². The predicted molar refractivity (Wildman–Crippen MR) is 131 cm³/mol. The highest BCUT2D eigenvalue weighted by Gasteiger charge is 2.35. The van der Waals surface area contributed by atoms with Crippen molar-refractivity contribution in [3.8, 4) is 0 Å². The molecule has 2 aromatic rings. The van der Waals surface area contributed by atoms with Crippen LogP contribution in [0.2, 0.25) is 0 Å². The summed E-state index contributed by atoms with van der Waals surface area (Å²) in [6.07, 6.45) is 2.39. The molecule has 5 heteroatoms. The molecule has 1 heterocycles. The van der Waals surface area contributed by atoms with E-state index in [2.05, 4.69) is 46.0 Å². The Hall–Kier alpha value is -2.27. The lowest BCUT2D eigenvalue weighted by atomic mass is 9.84. The average molecular weight is 439 g/mol. The van der Waals surface area contributed by atoms with Crippen molar-refractivity contribution in [3.05, 3.63) is 59.7 Å². The topological polar surface area (TPSA) is 49.4 Å². The summed E-state index contributed by atoms with van der Waals surface area (Å²) in [5.74, 6) is 0.953. The average Bonchev–Trinajstić information content (AvgIpc) is 3.07. The van der Waals surface area contributed by atoms with Crippen molar-refractivity contribution >= 4 is 35.0 Å². The number of rotatable bonds is 7. The van der Waals surface area contributed by atoms with Crippen molar-refractivity contribution in [3.63, 3.8) is 0 Å². The molecular weight excluding hydrogens is 404 g/mol. The molecule has 1 aliphatic heterocycles. The van der Waals surface area contributed by atoms with Crippen molar-refractivity contribution in [2.45, 2.75) is 59.3 Å². The molecule has 4 nitrogen and oxygen atoms in total. The molecule has 0 bridgehead atoms. The van der Waals surface area contributed by atoms with Gasteiger partial charge < -0.3 is 5.32 Å². The first-order valence-electron chi connectivity index (χ1n) is 11.1. The van der Waals surface area contributed by atoms with Gasteiger partial charge in [-0.05, 0) is 53.5 Å². The monoisotopic (exact) mass is 438 g/mol. The third kappa shape index (κ3) is 6.13. The van der Waals surface area contributed by atoms with E-state index in [1.807, 2.05) is 47.4 Å². The van der Waals surface area contributed by atoms with E-state index in [4.69, 9.17) is 0 Å². The highest BCUT2D eigenvalue weighted by Crippen LogP contribution is 2.43. The molecule has 0 spiro atoms. The molecule has 0 aliphatic carbocycles. The number of aryl methyl sites for hydroxylation is 1. The third-order valence-electron chi connectivity index (χ3n) is 5.45. The van der Waals surface area contributed by atoms with Gasteiger partial charge in [0.25, 0.3) is 0 Å². The van der Waals surface area contributed by atoms with Gasteiger partial charge in [-0.15, -0.1) is 11.8 Å². The Labute approximate surface area is 190 Å². The summed E-state index contributed by atoms with van der Waals surface area (Å²) in [6.45, 7) is 10.8. The molecule has 0 radical (unpaired) electrons. The quantitative estimate of drug-likeness (QED) is 0.542. The Kier molecular flexibility index (Phi) is 7.47. The molecule has 3 rings (SSSR count). The summed E-state index contributed by atoms with van der Waals surface area (Å²) in [5.41, 5.74) is 4.18. The molecule has 0 unspecified atom stereocenters. The summed E-state index contributed by atoms with van der Waals surface area (Å²) in [7, 11) is 0. The van der Waals surface area contributed by atoms with Crippen LogP contribution in [0, 0.1) is 11.3 Å². The lowest BCUT2D eigenvalue weighted by Crippen LogP contribution is -2.28. The van der Waals surface area contributed by atoms with E-state index in [9.17, 15) is 9.59 Å². The van der Waals surface area contributed by atoms with Crippen molar-refractivity contribution in [1.82, 2.24) is 0 Å². The third-order valence-corrected chi connectivity index (χ3v) is 6.66. The number of nitrogens with one attached hydrogen (secondary N) is 1. The van der Waals surface area contributed by atoms with Gasteiger partial charge in [0.2, 0.25) is 11.8 Å². The number of hydrogen-bond acceptors (Lipinski definition) is 3. The lowest BCUT2D eigenvalue weighted by molar-refractivity contribution is -0.117. The van der Waals surface area contributed by atoms with Crippen LogP contribution >= 0.6 is 11.8 Å². The van der Waals surface area contributed by atoms with Gasteiger partial charge in [-0.25, -0.2) is 0 Å².